The quantitative estimate of drug-likeness (QED) is 0.742. The Morgan fingerprint density at radius 2 is 1.89 bits per heavy atom. The van der Waals surface area contributed by atoms with Gasteiger partial charge in [-0.25, -0.2) is 0 Å². The summed E-state index contributed by atoms with van der Waals surface area (Å²) in [6, 6.07) is 8.73. The lowest BCUT2D eigenvalue weighted by atomic mass is 10.0. The van der Waals surface area contributed by atoms with Crippen molar-refractivity contribution in [1.82, 2.24) is 10.6 Å². The summed E-state index contributed by atoms with van der Waals surface area (Å²) in [6.45, 7) is 9.22. The zero-order chi connectivity index (χ0) is 14.3. The van der Waals surface area contributed by atoms with Gasteiger partial charge in [0.2, 0.25) is 5.91 Å². The van der Waals surface area contributed by atoms with Gasteiger partial charge in [-0.05, 0) is 37.9 Å². The van der Waals surface area contributed by atoms with Crippen LogP contribution in [0.5, 0.6) is 0 Å². The number of carbonyl (C=O) groups is 1. The van der Waals surface area contributed by atoms with Crippen molar-refractivity contribution in [3.8, 4) is 0 Å². The summed E-state index contributed by atoms with van der Waals surface area (Å²) in [5, 5.41) is 6.37. The van der Waals surface area contributed by atoms with Crippen molar-refractivity contribution in [1.29, 1.82) is 0 Å². The molecular formula is C16H26N2O. The van der Waals surface area contributed by atoms with Gasteiger partial charge in [0.15, 0.2) is 0 Å². The lowest BCUT2D eigenvalue weighted by Crippen LogP contribution is -2.29. The molecule has 0 saturated carbocycles. The maximum Gasteiger partial charge on any atom is 0.220 e. The minimum atomic E-state index is 0.0757. The molecule has 1 atom stereocenters. The summed E-state index contributed by atoms with van der Waals surface area (Å²) >= 11 is 0. The number of aryl methyl sites for hydroxylation is 1. The maximum absolute atomic E-state index is 11.8. The fraction of sp³-hybridized carbons (Fsp3) is 0.562. The molecule has 0 saturated heterocycles. The van der Waals surface area contributed by atoms with E-state index in [4.69, 9.17) is 0 Å². The molecule has 0 fully saturated rings. The van der Waals surface area contributed by atoms with Gasteiger partial charge in [0, 0.05) is 12.5 Å². The summed E-state index contributed by atoms with van der Waals surface area (Å²) in [4.78, 5) is 11.8. The molecule has 106 valence electrons. The molecule has 0 aliphatic carbocycles. The Morgan fingerprint density at radius 1 is 1.21 bits per heavy atom. The molecule has 3 heteroatoms. The Balaban J connectivity index is 2.34. The Bertz CT molecular complexity index is 401. The van der Waals surface area contributed by atoms with Gasteiger partial charge in [0.1, 0.15) is 0 Å². The number of hydrogen-bond donors (Lipinski definition) is 2. The largest absolute Gasteiger partial charge is 0.350 e. The van der Waals surface area contributed by atoms with Crippen LogP contribution in [0.25, 0.3) is 0 Å². The summed E-state index contributed by atoms with van der Waals surface area (Å²) in [6.07, 6.45) is 1.46. The molecule has 0 aliphatic heterocycles. The molecular weight excluding hydrogens is 236 g/mol. The summed E-state index contributed by atoms with van der Waals surface area (Å²) < 4.78 is 0. The highest BCUT2D eigenvalue weighted by Crippen LogP contribution is 2.16. The number of nitrogens with one attached hydrogen (secondary N) is 2. The van der Waals surface area contributed by atoms with E-state index in [0.717, 1.165) is 13.0 Å². The van der Waals surface area contributed by atoms with E-state index in [1.165, 1.54) is 11.1 Å². The fourth-order valence-corrected chi connectivity index (χ4v) is 2.10. The predicted octanol–water partition coefficient (Wildman–Crippen LogP) is 2.95. The van der Waals surface area contributed by atoms with E-state index in [1.807, 2.05) is 19.1 Å². The molecule has 1 aromatic rings. The molecule has 0 spiro atoms. The lowest BCUT2D eigenvalue weighted by Gasteiger charge is -2.16. The van der Waals surface area contributed by atoms with Crippen molar-refractivity contribution in [3.05, 3.63) is 35.4 Å². The van der Waals surface area contributed by atoms with Crippen molar-refractivity contribution >= 4 is 5.91 Å². The fourth-order valence-electron chi connectivity index (χ4n) is 2.10. The van der Waals surface area contributed by atoms with Crippen LogP contribution in [0, 0.1) is 6.92 Å². The SMILES string of the molecule is Cc1ccccc1[C@@H](C)NC(=O)CCCNC(C)C. The molecule has 0 bridgehead atoms. The zero-order valence-electron chi connectivity index (χ0n) is 12.5. The molecule has 3 nitrogen and oxygen atoms in total. The third kappa shape index (κ3) is 5.88. The van der Waals surface area contributed by atoms with Crippen molar-refractivity contribution < 1.29 is 4.79 Å². The van der Waals surface area contributed by atoms with Gasteiger partial charge < -0.3 is 10.6 Å². The highest BCUT2D eigenvalue weighted by atomic mass is 16.1. The van der Waals surface area contributed by atoms with E-state index in [1.54, 1.807) is 0 Å². The molecule has 1 rings (SSSR count). The first-order valence-corrected chi connectivity index (χ1v) is 7.09. The molecule has 0 radical (unpaired) electrons. The summed E-state index contributed by atoms with van der Waals surface area (Å²) in [5.74, 6) is 0.126. The van der Waals surface area contributed by atoms with E-state index in [-0.39, 0.29) is 11.9 Å². The Hall–Kier alpha value is -1.35. The van der Waals surface area contributed by atoms with Crippen LogP contribution in [0.1, 0.15) is 50.8 Å². The van der Waals surface area contributed by atoms with Crippen LogP contribution in [-0.4, -0.2) is 18.5 Å². The monoisotopic (exact) mass is 262 g/mol. The number of amides is 1. The third-order valence-corrected chi connectivity index (χ3v) is 3.17. The maximum atomic E-state index is 11.8. The molecule has 1 aromatic carbocycles. The van der Waals surface area contributed by atoms with Gasteiger partial charge in [0.25, 0.3) is 0 Å². The smallest absolute Gasteiger partial charge is 0.220 e. The van der Waals surface area contributed by atoms with E-state index >= 15 is 0 Å². The van der Waals surface area contributed by atoms with Crippen LogP contribution in [0.15, 0.2) is 24.3 Å². The average Bonchev–Trinajstić information content (AvgIpc) is 2.35. The molecule has 19 heavy (non-hydrogen) atoms. The van der Waals surface area contributed by atoms with Crippen molar-refractivity contribution in [2.24, 2.45) is 0 Å². The molecule has 2 N–H and O–H groups in total. The van der Waals surface area contributed by atoms with Gasteiger partial charge in [-0.3, -0.25) is 4.79 Å². The van der Waals surface area contributed by atoms with Crippen LogP contribution in [0.4, 0.5) is 0 Å². The normalized spacial score (nSPS) is 12.5. The summed E-state index contributed by atoms with van der Waals surface area (Å²) in [7, 11) is 0. The van der Waals surface area contributed by atoms with E-state index < -0.39 is 0 Å². The molecule has 0 aromatic heterocycles. The molecule has 1 amide bonds. The highest BCUT2D eigenvalue weighted by molar-refractivity contribution is 5.76. The number of carbonyl (C=O) groups excluding carboxylic acids is 1. The minimum absolute atomic E-state index is 0.0757. The van der Waals surface area contributed by atoms with E-state index in [9.17, 15) is 4.79 Å². The minimum Gasteiger partial charge on any atom is -0.350 e. The van der Waals surface area contributed by atoms with Crippen LogP contribution >= 0.6 is 0 Å². The molecule has 0 aliphatic rings. The van der Waals surface area contributed by atoms with Gasteiger partial charge >= 0.3 is 0 Å². The number of rotatable bonds is 7. The second-order valence-electron chi connectivity index (χ2n) is 5.36. The van der Waals surface area contributed by atoms with Crippen molar-refractivity contribution in [2.45, 2.75) is 52.6 Å². The first-order valence-electron chi connectivity index (χ1n) is 7.09. The standard InChI is InChI=1S/C16H26N2O/c1-12(2)17-11-7-10-16(19)18-14(4)15-9-6-5-8-13(15)3/h5-6,8-9,12,14,17H,7,10-11H2,1-4H3,(H,18,19)/t14-/m1/s1. The number of benzene rings is 1. The second kappa shape index (κ2) is 7.95. The van der Waals surface area contributed by atoms with Gasteiger partial charge in [-0.1, -0.05) is 38.1 Å². The molecule has 0 heterocycles. The van der Waals surface area contributed by atoms with Crippen LogP contribution in [0.3, 0.4) is 0 Å². The van der Waals surface area contributed by atoms with E-state index in [2.05, 4.69) is 43.5 Å². The Morgan fingerprint density at radius 3 is 2.53 bits per heavy atom. The first kappa shape index (κ1) is 15.7. The molecule has 0 unspecified atom stereocenters. The Kier molecular flexibility index (Phi) is 6.57. The van der Waals surface area contributed by atoms with Crippen LogP contribution < -0.4 is 10.6 Å². The highest BCUT2D eigenvalue weighted by Gasteiger charge is 2.10. The second-order valence-corrected chi connectivity index (χ2v) is 5.36. The van der Waals surface area contributed by atoms with Gasteiger partial charge in [0.05, 0.1) is 6.04 Å². The number of hydrogen-bond acceptors (Lipinski definition) is 2. The van der Waals surface area contributed by atoms with Gasteiger partial charge in [-0.15, -0.1) is 0 Å². The average molecular weight is 262 g/mol. The van der Waals surface area contributed by atoms with Crippen molar-refractivity contribution in [3.63, 3.8) is 0 Å². The van der Waals surface area contributed by atoms with E-state index in [0.29, 0.717) is 12.5 Å². The van der Waals surface area contributed by atoms with Gasteiger partial charge in [-0.2, -0.15) is 0 Å². The third-order valence-electron chi connectivity index (χ3n) is 3.17. The topological polar surface area (TPSA) is 41.1 Å². The van der Waals surface area contributed by atoms with Crippen molar-refractivity contribution in [2.75, 3.05) is 6.54 Å². The Labute approximate surface area is 116 Å². The first-order chi connectivity index (χ1) is 9.00. The zero-order valence-corrected chi connectivity index (χ0v) is 12.5. The summed E-state index contributed by atoms with van der Waals surface area (Å²) in [5.41, 5.74) is 2.41. The van der Waals surface area contributed by atoms with Crippen LogP contribution in [0.2, 0.25) is 0 Å². The van der Waals surface area contributed by atoms with Crippen LogP contribution in [-0.2, 0) is 4.79 Å². The predicted molar refractivity (Wildman–Crippen MR) is 80.1 cm³/mol. The lowest BCUT2D eigenvalue weighted by molar-refractivity contribution is -0.121.